The van der Waals surface area contributed by atoms with E-state index in [1.54, 1.807) is 29.4 Å². The molecule has 2 aliphatic rings. The molecule has 2 fully saturated rings. The maximum absolute atomic E-state index is 13.9. The van der Waals surface area contributed by atoms with Crippen LogP contribution in [0.2, 0.25) is 0 Å². The molecule has 11 nitrogen and oxygen atoms in total. The second-order valence-electron chi connectivity index (χ2n) is 12.3. The first-order valence-corrected chi connectivity index (χ1v) is 16.2. The number of carbonyl (C=O) groups is 5. The summed E-state index contributed by atoms with van der Waals surface area (Å²) in [6.07, 6.45) is 6.58. The number of pyridine rings is 1. The molecule has 0 unspecified atom stereocenters. The minimum absolute atomic E-state index is 0.124. The highest BCUT2D eigenvalue weighted by atomic mass is 16.4. The van der Waals surface area contributed by atoms with Gasteiger partial charge in [-0.1, -0.05) is 66.7 Å². The molecule has 4 N–H and O–H groups in total. The molecule has 0 radical (unpaired) electrons. The third kappa shape index (κ3) is 9.25. The van der Waals surface area contributed by atoms with Crippen molar-refractivity contribution >= 4 is 29.6 Å². The highest BCUT2D eigenvalue weighted by molar-refractivity contribution is 5.95. The lowest BCUT2D eigenvalue weighted by molar-refractivity contribution is -0.152. The molecule has 3 aromatic rings. The average Bonchev–Trinajstić information content (AvgIpc) is 3.06. The molecule has 1 aromatic heterocycles. The van der Waals surface area contributed by atoms with Gasteiger partial charge in [-0.25, -0.2) is 0 Å². The highest BCUT2D eigenvalue weighted by Crippen LogP contribution is 2.31. The van der Waals surface area contributed by atoms with Crippen molar-refractivity contribution in [2.75, 3.05) is 0 Å². The predicted octanol–water partition coefficient (Wildman–Crippen LogP) is 2.58. The molecule has 3 heterocycles. The first-order chi connectivity index (χ1) is 22.8. The van der Waals surface area contributed by atoms with E-state index in [2.05, 4.69) is 20.9 Å². The van der Waals surface area contributed by atoms with Crippen LogP contribution in [0.1, 0.15) is 55.2 Å². The molecule has 5 rings (SSSR count). The fraction of sp³-hybridized carbons (Fsp3) is 0.389. The van der Waals surface area contributed by atoms with Gasteiger partial charge in [-0.2, -0.15) is 0 Å². The van der Waals surface area contributed by atoms with Gasteiger partial charge in [-0.15, -0.1) is 0 Å². The summed E-state index contributed by atoms with van der Waals surface area (Å²) in [7, 11) is 0. The first kappa shape index (κ1) is 33.3. The summed E-state index contributed by atoms with van der Waals surface area (Å²) in [4.78, 5) is 71.7. The van der Waals surface area contributed by atoms with Crippen molar-refractivity contribution < 1.29 is 29.1 Å². The van der Waals surface area contributed by atoms with Crippen molar-refractivity contribution in [2.45, 2.75) is 88.0 Å². The first-order valence-electron chi connectivity index (χ1n) is 16.2. The Morgan fingerprint density at radius 3 is 2.21 bits per heavy atom. The monoisotopic (exact) mass is 639 g/mol. The zero-order chi connectivity index (χ0) is 33.2. The SMILES string of the molecule is O=C(O)C[C@H](Cc1ccccc1)NC(=O)[C@H](Cc1cccnc1)NC(=O)[C@@H]1CCC[C@@H]2CC[C@H](NC(=O)Cc3ccccc3)C(=O)N21. The third-order valence-corrected chi connectivity index (χ3v) is 8.82. The smallest absolute Gasteiger partial charge is 0.305 e. The maximum Gasteiger partial charge on any atom is 0.305 e. The second kappa shape index (κ2) is 16.0. The number of amides is 4. The second-order valence-corrected chi connectivity index (χ2v) is 12.3. The zero-order valence-electron chi connectivity index (χ0n) is 26.2. The average molecular weight is 640 g/mol. The van der Waals surface area contributed by atoms with E-state index in [9.17, 15) is 29.1 Å². The summed E-state index contributed by atoms with van der Waals surface area (Å²) in [6, 6.07) is 18.7. The standard InChI is InChI=1S/C36H41N5O6/c42-32(21-25-11-5-2-6-12-25)39-29-17-16-28-14-7-15-31(41(28)36(29)47)35(46)40-30(20-26-13-8-18-37-23-26)34(45)38-27(22-33(43)44)19-24-9-3-1-4-10-24/h1-6,8-13,18,23,27-31H,7,14-17,19-22H2,(H,38,45)(H,39,42)(H,40,46)(H,43,44)/t27-,28+,29-,30-,31-/m0/s1. The van der Waals surface area contributed by atoms with E-state index in [1.165, 1.54) is 0 Å². The number of aliphatic carboxylic acids is 1. The molecule has 2 aliphatic heterocycles. The summed E-state index contributed by atoms with van der Waals surface area (Å²) >= 11 is 0. The minimum atomic E-state index is -1.05. The molecule has 47 heavy (non-hydrogen) atoms. The maximum atomic E-state index is 13.9. The van der Waals surface area contributed by atoms with Crippen LogP contribution < -0.4 is 16.0 Å². The van der Waals surface area contributed by atoms with Crippen molar-refractivity contribution in [1.29, 1.82) is 0 Å². The van der Waals surface area contributed by atoms with Gasteiger partial charge < -0.3 is 26.0 Å². The van der Waals surface area contributed by atoms with Crippen LogP contribution in [0, 0.1) is 0 Å². The van der Waals surface area contributed by atoms with Crippen LogP contribution in [0.25, 0.3) is 0 Å². The summed E-state index contributed by atoms with van der Waals surface area (Å²) in [6.45, 7) is 0. The number of carbonyl (C=O) groups excluding carboxylic acids is 4. The number of nitrogens with zero attached hydrogens (tertiary/aromatic N) is 2. The van der Waals surface area contributed by atoms with Crippen LogP contribution in [0.15, 0.2) is 85.2 Å². The van der Waals surface area contributed by atoms with Gasteiger partial charge in [0.15, 0.2) is 0 Å². The Balaban J connectivity index is 1.30. The van der Waals surface area contributed by atoms with E-state index >= 15 is 0 Å². The quantitative estimate of drug-likeness (QED) is 0.224. The number of nitrogens with one attached hydrogen (secondary N) is 3. The summed E-state index contributed by atoms with van der Waals surface area (Å²) < 4.78 is 0. The number of hydrogen-bond donors (Lipinski definition) is 4. The number of aromatic nitrogens is 1. The Hall–Kier alpha value is -5.06. The molecule has 0 spiro atoms. The molecule has 5 atom stereocenters. The summed E-state index contributed by atoms with van der Waals surface area (Å²) in [5.41, 5.74) is 2.42. The van der Waals surface area contributed by atoms with Crippen molar-refractivity contribution in [2.24, 2.45) is 0 Å². The molecule has 4 amide bonds. The predicted molar refractivity (Wildman–Crippen MR) is 174 cm³/mol. The molecule has 246 valence electrons. The zero-order valence-corrected chi connectivity index (χ0v) is 26.2. The Bertz CT molecular complexity index is 1540. The largest absolute Gasteiger partial charge is 0.481 e. The van der Waals surface area contributed by atoms with Crippen LogP contribution >= 0.6 is 0 Å². The fourth-order valence-corrected chi connectivity index (χ4v) is 6.59. The van der Waals surface area contributed by atoms with Gasteiger partial charge in [0.2, 0.25) is 23.6 Å². The van der Waals surface area contributed by atoms with Gasteiger partial charge in [-0.05, 0) is 61.3 Å². The lowest BCUT2D eigenvalue weighted by Crippen LogP contribution is -2.65. The third-order valence-electron chi connectivity index (χ3n) is 8.82. The molecule has 0 aliphatic carbocycles. The van der Waals surface area contributed by atoms with Crippen LogP contribution in [-0.4, -0.2) is 74.8 Å². The van der Waals surface area contributed by atoms with Gasteiger partial charge in [0, 0.05) is 30.9 Å². The van der Waals surface area contributed by atoms with E-state index in [4.69, 9.17) is 0 Å². The van der Waals surface area contributed by atoms with Crippen LogP contribution in [-0.2, 0) is 43.2 Å². The number of piperidine rings is 2. The van der Waals surface area contributed by atoms with Gasteiger partial charge in [-0.3, -0.25) is 29.0 Å². The highest BCUT2D eigenvalue weighted by Gasteiger charge is 2.44. The van der Waals surface area contributed by atoms with Crippen LogP contribution in [0.4, 0.5) is 0 Å². The molecule has 2 aromatic carbocycles. The van der Waals surface area contributed by atoms with Gasteiger partial charge in [0.25, 0.3) is 0 Å². The van der Waals surface area contributed by atoms with E-state index in [1.807, 2.05) is 60.7 Å². The number of carboxylic acid groups (broad SMARTS) is 1. The molecule has 0 saturated carbocycles. The topological polar surface area (TPSA) is 158 Å². The summed E-state index contributed by atoms with van der Waals surface area (Å²) in [5.74, 6) is -2.58. The summed E-state index contributed by atoms with van der Waals surface area (Å²) in [5, 5.41) is 18.2. The Morgan fingerprint density at radius 1 is 0.830 bits per heavy atom. The number of fused-ring (bicyclic) bond motifs is 1. The van der Waals surface area contributed by atoms with E-state index < -0.39 is 42.0 Å². The molecule has 2 saturated heterocycles. The van der Waals surface area contributed by atoms with Gasteiger partial charge in [0.05, 0.1) is 12.8 Å². The lowest BCUT2D eigenvalue weighted by atomic mass is 9.86. The molecular weight excluding hydrogens is 598 g/mol. The van der Waals surface area contributed by atoms with Crippen molar-refractivity contribution in [1.82, 2.24) is 25.8 Å². The number of hydrogen-bond acceptors (Lipinski definition) is 6. The van der Waals surface area contributed by atoms with E-state index in [0.717, 1.165) is 24.0 Å². The lowest BCUT2D eigenvalue weighted by Gasteiger charge is -2.46. The van der Waals surface area contributed by atoms with Crippen molar-refractivity contribution in [3.8, 4) is 0 Å². The van der Waals surface area contributed by atoms with Crippen molar-refractivity contribution in [3.05, 3.63) is 102 Å². The fourth-order valence-electron chi connectivity index (χ4n) is 6.59. The minimum Gasteiger partial charge on any atom is -0.481 e. The van der Waals surface area contributed by atoms with Crippen LogP contribution in [0.5, 0.6) is 0 Å². The molecule has 11 heteroatoms. The Kier molecular flexibility index (Phi) is 11.3. The van der Waals surface area contributed by atoms with E-state index in [-0.39, 0.29) is 37.1 Å². The number of rotatable bonds is 13. The van der Waals surface area contributed by atoms with Crippen molar-refractivity contribution in [3.63, 3.8) is 0 Å². The number of benzene rings is 2. The van der Waals surface area contributed by atoms with Gasteiger partial charge in [0.1, 0.15) is 18.1 Å². The normalized spacial score (nSPS) is 20.3. The van der Waals surface area contributed by atoms with Gasteiger partial charge >= 0.3 is 5.97 Å². The Morgan fingerprint density at radius 2 is 1.53 bits per heavy atom. The Labute approximate surface area is 274 Å². The van der Waals surface area contributed by atoms with Crippen LogP contribution in [0.3, 0.4) is 0 Å². The molecular formula is C36H41N5O6. The molecule has 0 bridgehead atoms. The van der Waals surface area contributed by atoms with E-state index in [0.29, 0.717) is 31.2 Å². The number of carboxylic acids is 1.